The summed E-state index contributed by atoms with van der Waals surface area (Å²) in [6.07, 6.45) is 8.64. The van der Waals surface area contributed by atoms with Crippen LogP contribution >= 0.6 is 0 Å². The second-order valence-corrected chi connectivity index (χ2v) is 5.43. The van der Waals surface area contributed by atoms with Gasteiger partial charge in [-0.05, 0) is 19.3 Å². The number of carboxylic acid groups (broad SMARTS) is 1. The molecule has 0 saturated heterocycles. The molecule has 0 radical (unpaired) electrons. The number of aliphatic carboxylic acids is 1. The number of esters is 1. The topological polar surface area (TPSA) is 83.8 Å². The van der Waals surface area contributed by atoms with Crippen LogP contribution in [-0.2, 0) is 14.3 Å². The molecule has 124 valence electrons. The van der Waals surface area contributed by atoms with E-state index in [0.29, 0.717) is 0 Å². The zero-order valence-corrected chi connectivity index (χ0v) is 13.2. The lowest BCUT2D eigenvalue weighted by atomic mass is 9.95. The Hall–Kier alpha value is -1.10. The maximum absolute atomic E-state index is 11.9. The van der Waals surface area contributed by atoms with Crippen LogP contribution in [0.5, 0.6) is 0 Å². The summed E-state index contributed by atoms with van der Waals surface area (Å²) in [5.41, 5.74) is 0. The van der Waals surface area contributed by atoms with Gasteiger partial charge < -0.3 is 14.9 Å². The molecule has 5 heteroatoms. The molecule has 0 rings (SSSR count). The van der Waals surface area contributed by atoms with E-state index in [1.165, 1.54) is 0 Å². The molecule has 5 nitrogen and oxygen atoms in total. The minimum absolute atomic E-state index is 0.0597. The Morgan fingerprint density at radius 3 is 2.24 bits per heavy atom. The predicted octanol–water partition coefficient (Wildman–Crippen LogP) is 3.14. The van der Waals surface area contributed by atoms with Crippen molar-refractivity contribution < 1.29 is 24.5 Å². The van der Waals surface area contributed by atoms with Gasteiger partial charge in [0.2, 0.25) is 0 Å². The van der Waals surface area contributed by atoms with Gasteiger partial charge in [-0.25, -0.2) is 0 Å². The van der Waals surface area contributed by atoms with Crippen LogP contribution in [-0.4, -0.2) is 35.4 Å². The predicted molar refractivity (Wildman–Crippen MR) is 81.0 cm³/mol. The van der Waals surface area contributed by atoms with Crippen molar-refractivity contribution >= 4 is 11.9 Å². The van der Waals surface area contributed by atoms with Gasteiger partial charge in [0, 0.05) is 6.42 Å². The Kier molecular flexibility index (Phi) is 13.1. The van der Waals surface area contributed by atoms with Crippen molar-refractivity contribution in [1.29, 1.82) is 0 Å². The molecular formula is C16H30O5. The fraction of sp³-hybridized carbons (Fsp3) is 0.875. The molecule has 0 aliphatic rings. The first kappa shape index (κ1) is 19.9. The number of carbonyl (C=O) groups excluding carboxylic acids is 1. The molecule has 0 aromatic carbocycles. The average molecular weight is 302 g/mol. The van der Waals surface area contributed by atoms with E-state index in [-0.39, 0.29) is 31.5 Å². The van der Waals surface area contributed by atoms with Crippen molar-refractivity contribution in [2.24, 2.45) is 5.92 Å². The van der Waals surface area contributed by atoms with Crippen LogP contribution < -0.4 is 0 Å². The molecule has 0 aromatic heterocycles. The minimum Gasteiger partial charge on any atom is -0.481 e. The molecule has 0 saturated carbocycles. The Morgan fingerprint density at radius 1 is 1.00 bits per heavy atom. The van der Waals surface area contributed by atoms with Crippen molar-refractivity contribution in [3.05, 3.63) is 0 Å². The second kappa shape index (κ2) is 13.9. The molecule has 0 amide bonds. The molecule has 0 spiro atoms. The fourth-order valence-electron chi connectivity index (χ4n) is 2.29. The van der Waals surface area contributed by atoms with Gasteiger partial charge in [0.1, 0.15) is 6.61 Å². The fourth-order valence-corrected chi connectivity index (χ4v) is 2.29. The van der Waals surface area contributed by atoms with E-state index in [0.717, 1.165) is 57.8 Å². The second-order valence-electron chi connectivity index (χ2n) is 5.43. The van der Waals surface area contributed by atoms with Gasteiger partial charge in [-0.1, -0.05) is 45.4 Å². The smallest absolute Gasteiger partial charge is 0.309 e. The summed E-state index contributed by atoms with van der Waals surface area (Å²) in [7, 11) is 0. The quantitative estimate of drug-likeness (QED) is 0.380. The lowest BCUT2D eigenvalue weighted by Crippen LogP contribution is -2.19. The van der Waals surface area contributed by atoms with Gasteiger partial charge in [-0.2, -0.15) is 0 Å². The number of aliphatic hydroxyl groups excluding tert-OH is 1. The maximum Gasteiger partial charge on any atom is 0.309 e. The summed E-state index contributed by atoms with van der Waals surface area (Å²) in [4.78, 5) is 22.2. The van der Waals surface area contributed by atoms with Crippen molar-refractivity contribution in [2.75, 3.05) is 13.2 Å². The molecule has 1 atom stereocenters. The third-order valence-electron chi connectivity index (χ3n) is 3.52. The van der Waals surface area contributed by atoms with Crippen LogP contribution in [0, 0.1) is 5.92 Å². The van der Waals surface area contributed by atoms with E-state index in [1.807, 2.05) is 0 Å². The molecule has 2 N–H and O–H groups in total. The van der Waals surface area contributed by atoms with E-state index < -0.39 is 5.97 Å². The Labute approximate surface area is 127 Å². The molecule has 0 bridgehead atoms. The number of rotatable bonds is 14. The molecule has 0 aliphatic carbocycles. The summed E-state index contributed by atoms with van der Waals surface area (Å²) >= 11 is 0. The van der Waals surface area contributed by atoms with Crippen molar-refractivity contribution in [3.8, 4) is 0 Å². The van der Waals surface area contributed by atoms with Crippen LogP contribution in [0.15, 0.2) is 0 Å². The van der Waals surface area contributed by atoms with E-state index in [9.17, 15) is 9.59 Å². The van der Waals surface area contributed by atoms with Gasteiger partial charge in [-0.15, -0.1) is 0 Å². The highest BCUT2D eigenvalue weighted by Crippen LogP contribution is 2.19. The summed E-state index contributed by atoms with van der Waals surface area (Å²) in [5, 5.41) is 17.2. The van der Waals surface area contributed by atoms with Gasteiger partial charge in [0.25, 0.3) is 0 Å². The summed E-state index contributed by atoms with van der Waals surface area (Å²) in [6, 6.07) is 0. The van der Waals surface area contributed by atoms with Crippen LogP contribution in [0.25, 0.3) is 0 Å². The summed E-state index contributed by atoms with van der Waals surface area (Å²) in [5.74, 6) is -0.986. The number of carbonyl (C=O) groups is 2. The van der Waals surface area contributed by atoms with E-state index in [4.69, 9.17) is 14.9 Å². The molecule has 21 heavy (non-hydrogen) atoms. The third kappa shape index (κ3) is 12.4. The normalized spacial score (nSPS) is 12.1. The van der Waals surface area contributed by atoms with Crippen LogP contribution in [0.3, 0.4) is 0 Å². The molecule has 0 heterocycles. The SMILES string of the molecule is CCCCC(CCCCCCCC(=O)O)C(=O)OCCO. The molecular weight excluding hydrogens is 272 g/mol. The van der Waals surface area contributed by atoms with Crippen molar-refractivity contribution in [2.45, 2.75) is 71.1 Å². The number of unbranched alkanes of at least 4 members (excludes halogenated alkanes) is 5. The molecule has 0 fully saturated rings. The number of ether oxygens (including phenoxy) is 1. The average Bonchev–Trinajstić information content (AvgIpc) is 2.46. The first-order chi connectivity index (χ1) is 10.1. The van der Waals surface area contributed by atoms with E-state index in [2.05, 4.69) is 6.92 Å². The number of carboxylic acids is 1. The highest BCUT2D eigenvalue weighted by molar-refractivity contribution is 5.72. The highest BCUT2D eigenvalue weighted by atomic mass is 16.5. The Balaban J connectivity index is 3.79. The van der Waals surface area contributed by atoms with Crippen LogP contribution in [0.4, 0.5) is 0 Å². The number of hydrogen-bond donors (Lipinski definition) is 2. The number of aliphatic hydroxyl groups is 1. The first-order valence-electron chi connectivity index (χ1n) is 8.11. The largest absolute Gasteiger partial charge is 0.481 e. The Morgan fingerprint density at radius 2 is 1.62 bits per heavy atom. The van der Waals surface area contributed by atoms with Gasteiger partial charge >= 0.3 is 11.9 Å². The first-order valence-corrected chi connectivity index (χ1v) is 8.11. The monoisotopic (exact) mass is 302 g/mol. The number of hydrogen-bond acceptors (Lipinski definition) is 4. The van der Waals surface area contributed by atoms with Gasteiger partial charge in [-0.3, -0.25) is 9.59 Å². The maximum atomic E-state index is 11.9. The van der Waals surface area contributed by atoms with Crippen LogP contribution in [0.2, 0.25) is 0 Å². The highest BCUT2D eigenvalue weighted by Gasteiger charge is 2.18. The summed E-state index contributed by atoms with van der Waals surface area (Å²) < 4.78 is 5.02. The molecule has 1 unspecified atom stereocenters. The van der Waals surface area contributed by atoms with E-state index in [1.54, 1.807) is 0 Å². The molecule has 0 aromatic rings. The minimum atomic E-state index is -0.735. The summed E-state index contributed by atoms with van der Waals surface area (Å²) in [6.45, 7) is 2.05. The lowest BCUT2D eigenvalue weighted by Gasteiger charge is -2.15. The Bertz CT molecular complexity index is 278. The third-order valence-corrected chi connectivity index (χ3v) is 3.52. The van der Waals surface area contributed by atoms with E-state index >= 15 is 0 Å². The zero-order valence-electron chi connectivity index (χ0n) is 13.2. The van der Waals surface area contributed by atoms with Crippen LogP contribution in [0.1, 0.15) is 71.1 Å². The van der Waals surface area contributed by atoms with Gasteiger partial charge in [0.15, 0.2) is 0 Å². The molecule has 0 aliphatic heterocycles. The van der Waals surface area contributed by atoms with Gasteiger partial charge in [0.05, 0.1) is 12.5 Å². The standard InChI is InChI=1S/C16H30O5/c1-2-3-9-14(16(20)21-13-12-17)10-7-5-4-6-8-11-15(18)19/h14,17H,2-13H2,1H3,(H,18,19). The van der Waals surface area contributed by atoms with Crippen molar-refractivity contribution in [1.82, 2.24) is 0 Å². The lowest BCUT2D eigenvalue weighted by molar-refractivity contribution is -0.150. The zero-order chi connectivity index (χ0) is 15.9. The van der Waals surface area contributed by atoms with Crippen molar-refractivity contribution in [3.63, 3.8) is 0 Å².